The Morgan fingerprint density at radius 3 is 2.71 bits per heavy atom. The van der Waals surface area contributed by atoms with Crippen LogP contribution in [0.3, 0.4) is 0 Å². The van der Waals surface area contributed by atoms with Crippen LogP contribution in [0.25, 0.3) is 0 Å². The van der Waals surface area contributed by atoms with Crippen molar-refractivity contribution in [2.45, 2.75) is 43.0 Å². The van der Waals surface area contributed by atoms with Crippen LogP contribution in [-0.4, -0.2) is 36.6 Å². The fourth-order valence-electron chi connectivity index (χ4n) is 2.31. The van der Waals surface area contributed by atoms with Crippen molar-refractivity contribution in [1.82, 2.24) is 0 Å². The molecule has 0 saturated carbocycles. The Hall–Kier alpha value is -0.960. The number of amides is 1. The van der Waals surface area contributed by atoms with Gasteiger partial charge in [0.2, 0.25) is 0 Å². The lowest BCUT2D eigenvalue weighted by Gasteiger charge is -2.16. The van der Waals surface area contributed by atoms with E-state index in [1.54, 1.807) is 18.2 Å². The molecule has 1 heterocycles. The van der Waals surface area contributed by atoms with Gasteiger partial charge in [-0.05, 0) is 37.5 Å². The van der Waals surface area contributed by atoms with Crippen molar-refractivity contribution < 1.29 is 22.7 Å². The first-order valence-corrected chi connectivity index (χ1v) is 8.23. The van der Waals surface area contributed by atoms with Crippen LogP contribution in [-0.2, 0) is 9.53 Å². The number of thioether (sulfide) groups is 1. The number of alkyl halides is 3. The topological polar surface area (TPSA) is 64.4 Å². The molecule has 1 fully saturated rings. The molecule has 136 valence electrons. The van der Waals surface area contributed by atoms with E-state index >= 15 is 0 Å². The molecule has 0 bridgehead atoms. The first-order valence-electron chi connectivity index (χ1n) is 7.25. The number of hydrogen-bond donors (Lipinski definition) is 2. The van der Waals surface area contributed by atoms with Gasteiger partial charge in [-0.3, -0.25) is 4.79 Å². The molecule has 2 rings (SSSR count). The summed E-state index contributed by atoms with van der Waals surface area (Å²) in [6.07, 6.45) is -3.74. The molecule has 1 amide bonds. The molecule has 1 aliphatic rings. The zero-order chi connectivity index (χ0) is 17.0. The number of rotatable bonds is 5. The summed E-state index contributed by atoms with van der Waals surface area (Å²) < 4.78 is 42.7. The number of anilines is 1. The summed E-state index contributed by atoms with van der Waals surface area (Å²) in [4.78, 5) is 12.6. The number of carbonyl (C=O) groups excluding carboxylic acids is 1. The SMILES string of the molecule is Cc1ccc(SCC(F)(F)F)c(NC(=O)[C@@H]2CC[C@H](CN)O2)c1.Cl. The number of ether oxygens (including phenoxy) is 1. The van der Waals surface area contributed by atoms with Crippen LogP contribution in [0.15, 0.2) is 23.1 Å². The zero-order valence-corrected chi connectivity index (χ0v) is 14.7. The molecule has 3 N–H and O–H groups in total. The molecule has 1 aliphatic heterocycles. The van der Waals surface area contributed by atoms with E-state index in [2.05, 4.69) is 5.32 Å². The van der Waals surface area contributed by atoms with Gasteiger partial charge < -0.3 is 15.8 Å². The molecular weight excluding hydrogens is 365 g/mol. The normalized spacial score (nSPS) is 20.5. The molecule has 9 heteroatoms. The molecule has 1 aromatic carbocycles. The maximum atomic E-state index is 12.4. The van der Waals surface area contributed by atoms with E-state index in [1.165, 1.54) is 0 Å². The first kappa shape index (κ1) is 21.1. The third-order valence-corrected chi connectivity index (χ3v) is 4.59. The fraction of sp³-hybridized carbons (Fsp3) is 0.533. The highest BCUT2D eigenvalue weighted by Gasteiger charge is 2.31. The van der Waals surface area contributed by atoms with E-state index in [4.69, 9.17) is 10.5 Å². The molecule has 4 nitrogen and oxygen atoms in total. The molecule has 0 radical (unpaired) electrons. The van der Waals surface area contributed by atoms with Gasteiger partial charge in [-0.2, -0.15) is 13.2 Å². The Morgan fingerprint density at radius 1 is 1.42 bits per heavy atom. The van der Waals surface area contributed by atoms with E-state index in [1.807, 2.05) is 6.92 Å². The number of carbonyl (C=O) groups is 1. The molecule has 0 aliphatic carbocycles. The second-order valence-corrected chi connectivity index (χ2v) is 6.47. The van der Waals surface area contributed by atoms with Crippen molar-refractivity contribution in [1.29, 1.82) is 0 Å². The maximum absolute atomic E-state index is 12.4. The van der Waals surface area contributed by atoms with Crippen molar-refractivity contribution in [2.24, 2.45) is 5.73 Å². The highest BCUT2D eigenvalue weighted by Crippen LogP contribution is 2.33. The second kappa shape index (κ2) is 8.94. The van der Waals surface area contributed by atoms with Crippen LogP contribution in [0, 0.1) is 6.92 Å². The summed E-state index contributed by atoms with van der Waals surface area (Å²) in [5.41, 5.74) is 6.74. The smallest absolute Gasteiger partial charge is 0.364 e. The summed E-state index contributed by atoms with van der Waals surface area (Å²) in [5, 5.41) is 2.68. The lowest BCUT2D eigenvalue weighted by atomic mass is 10.1. The molecule has 0 aromatic heterocycles. The average molecular weight is 385 g/mol. The minimum Gasteiger partial charge on any atom is -0.364 e. The van der Waals surface area contributed by atoms with Gasteiger partial charge in [0, 0.05) is 11.4 Å². The number of nitrogens with two attached hydrogens (primary N) is 1. The van der Waals surface area contributed by atoms with Gasteiger partial charge in [-0.15, -0.1) is 24.2 Å². The number of nitrogens with one attached hydrogen (secondary N) is 1. The van der Waals surface area contributed by atoms with E-state index in [0.29, 0.717) is 41.7 Å². The van der Waals surface area contributed by atoms with Gasteiger partial charge in [0.25, 0.3) is 5.91 Å². The third-order valence-electron chi connectivity index (χ3n) is 3.45. The van der Waals surface area contributed by atoms with Crippen molar-refractivity contribution in [3.8, 4) is 0 Å². The van der Waals surface area contributed by atoms with E-state index in [0.717, 1.165) is 5.56 Å². The van der Waals surface area contributed by atoms with Gasteiger partial charge >= 0.3 is 6.18 Å². The number of benzene rings is 1. The first-order chi connectivity index (χ1) is 10.8. The van der Waals surface area contributed by atoms with E-state index < -0.39 is 18.0 Å². The maximum Gasteiger partial charge on any atom is 0.398 e. The van der Waals surface area contributed by atoms with Gasteiger partial charge in [-0.25, -0.2) is 0 Å². The number of aryl methyl sites for hydroxylation is 1. The van der Waals surface area contributed by atoms with Crippen molar-refractivity contribution >= 4 is 35.8 Å². The highest BCUT2D eigenvalue weighted by molar-refractivity contribution is 7.99. The van der Waals surface area contributed by atoms with Crippen LogP contribution in [0.2, 0.25) is 0 Å². The largest absolute Gasteiger partial charge is 0.398 e. The van der Waals surface area contributed by atoms with E-state index in [9.17, 15) is 18.0 Å². The van der Waals surface area contributed by atoms with Crippen LogP contribution in [0.4, 0.5) is 18.9 Å². The Labute approximate surface area is 149 Å². The lowest BCUT2D eigenvalue weighted by molar-refractivity contribution is -0.126. The standard InChI is InChI=1S/C15H19F3N2O2S.ClH/c1-9-2-5-13(23-8-15(16,17)18)11(6-9)20-14(21)12-4-3-10(7-19)22-12;/h2,5-6,10,12H,3-4,7-8,19H2,1H3,(H,20,21);1H/t10-,12+;/m1./s1. The Kier molecular flexibility index (Phi) is 7.85. The summed E-state index contributed by atoms with van der Waals surface area (Å²) in [6, 6.07) is 4.95. The number of halogens is 4. The molecule has 0 spiro atoms. The van der Waals surface area contributed by atoms with Crippen molar-refractivity contribution in [2.75, 3.05) is 17.6 Å². The van der Waals surface area contributed by atoms with Crippen LogP contribution < -0.4 is 11.1 Å². The summed E-state index contributed by atoms with van der Waals surface area (Å²) >= 11 is 0.652. The highest BCUT2D eigenvalue weighted by atomic mass is 35.5. The predicted molar refractivity (Wildman–Crippen MR) is 90.8 cm³/mol. The lowest BCUT2D eigenvalue weighted by Crippen LogP contribution is -2.30. The zero-order valence-electron chi connectivity index (χ0n) is 13.1. The molecule has 2 atom stereocenters. The van der Waals surface area contributed by atoms with Gasteiger partial charge in [0.1, 0.15) is 6.10 Å². The summed E-state index contributed by atoms with van der Waals surface area (Å²) in [7, 11) is 0. The molecule has 1 saturated heterocycles. The monoisotopic (exact) mass is 384 g/mol. The summed E-state index contributed by atoms with van der Waals surface area (Å²) in [6.45, 7) is 2.16. The minimum atomic E-state index is -4.26. The average Bonchev–Trinajstić information content (AvgIpc) is 2.94. The van der Waals surface area contributed by atoms with Crippen LogP contribution >= 0.6 is 24.2 Å². The summed E-state index contributed by atoms with van der Waals surface area (Å²) in [5.74, 6) is -1.35. The van der Waals surface area contributed by atoms with Gasteiger partial charge in [-0.1, -0.05) is 6.07 Å². The van der Waals surface area contributed by atoms with Gasteiger partial charge in [0.05, 0.1) is 17.5 Å². The van der Waals surface area contributed by atoms with Crippen molar-refractivity contribution in [3.05, 3.63) is 23.8 Å². The number of hydrogen-bond acceptors (Lipinski definition) is 4. The molecular formula is C15H20ClF3N2O2S. The Bertz CT molecular complexity index is 572. The quantitative estimate of drug-likeness (QED) is 0.762. The van der Waals surface area contributed by atoms with Crippen LogP contribution in [0.5, 0.6) is 0 Å². The minimum absolute atomic E-state index is 0. The Morgan fingerprint density at radius 2 is 2.12 bits per heavy atom. The third kappa shape index (κ3) is 6.16. The van der Waals surface area contributed by atoms with Crippen molar-refractivity contribution in [3.63, 3.8) is 0 Å². The predicted octanol–water partition coefficient (Wildman–Crippen LogP) is 3.52. The van der Waals surface area contributed by atoms with Gasteiger partial charge in [0.15, 0.2) is 0 Å². The van der Waals surface area contributed by atoms with Crippen LogP contribution in [0.1, 0.15) is 18.4 Å². The molecule has 0 unspecified atom stereocenters. The molecule has 24 heavy (non-hydrogen) atoms. The van der Waals surface area contributed by atoms with E-state index in [-0.39, 0.29) is 24.4 Å². The second-order valence-electron chi connectivity index (χ2n) is 5.45. The molecule has 1 aromatic rings. The Balaban J connectivity index is 0.00000288. The fourth-order valence-corrected chi connectivity index (χ4v) is 3.06.